The lowest BCUT2D eigenvalue weighted by molar-refractivity contribution is 1.23. The van der Waals surface area contributed by atoms with Crippen LogP contribution in [0.2, 0.25) is 0 Å². The van der Waals surface area contributed by atoms with Crippen molar-refractivity contribution in [2.45, 2.75) is 5.66 Å². The molecule has 0 saturated carbocycles. The number of hydrogen-bond acceptors (Lipinski definition) is 0. The summed E-state index contributed by atoms with van der Waals surface area (Å²) in [4.78, 5) is 0. The lowest BCUT2D eigenvalue weighted by Gasteiger charge is -2.13. The van der Waals surface area contributed by atoms with Gasteiger partial charge in [-0.1, -0.05) is 97.1 Å². The first-order valence-electron chi connectivity index (χ1n) is 7.48. The zero-order valence-electron chi connectivity index (χ0n) is 12.8. The van der Waals surface area contributed by atoms with Crippen LogP contribution in [0.3, 0.4) is 0 Å². The second kappa shape index (κ2) is 8.82. The highest BCUT2D eigenvalue weighted by Gasteiger charge is 2.08. The molecule has 0 aromatic heterocycles. The van der Waals surface area contributed by atoms with Crippen LogP contribution in [0, 0.1) is 0 Å². The SMILES string of the molecule is Br.PC(C=C(c1ccccc1)c1ccccc1)c1ccccc1. The molecule has 0 aliphatic carbocycles. The van der Waals surface area contributed by atoms with E-state index in [1.807, 2.05) is 0 Å². The Labute approximate surface area is 151 Å². The van der Waals surface area contributed by atoms with Crippen molar-refractivity contribution in [1.29, 1.82) is 0 Å². The molecule has 0 aliphatic heterocycles. The zero-order chi connectivity index (χ0) is 15.2. The predicted molar refractivity (Wildman–Crippen MR) is 109 cm³/mol. The van der Waals surface area contributed by atoms with Crippen molar-refractivity contribution < 1.29 is 0 Å². The quantitative estimate of drug-likeness (QED) is 0.463. The molecular formula is C21H20BrP. The van der Waals surface area contributed by atoms with Crippen LogP contribution in [0.15, 0.2) is 97.1 Å². The Hall–Kier alpha value is -1.69. The van der Waals surface area contributed by atoms with Gasteiger partial charge in [-0.15, -0.1) is 26.2 Å². The van der Waals surface area contributed by atoms with Gasteiger partial charge in [0.25, 0.3) is 0 Å². The Kier molecular flexibility index (Phi) is 6.77. The summed E-state index contributed by atoms with van der Waals surface area (Å²) in [6, 6.07) is 31.7. The molecule has 0 heterocycles. The van der Waals surface area contributed by atoms with Crippen molar-refractivity contribution in [1.82, 2.24) is 0 Å². The van der Waals surface area contributed by atoms with Crippen molar-refractivity contribution in [2.24, 2.45) is 0 Å². The highest BCUT2D eigenvalue weighted by molar-refractivity contribution is 8.93. The summed E-state index contributed by atoms with van der Waals surface area (Å²) in [6.45, 7) is 0. The first-order valence-corrected chi connectivity index (χ1v) is 8.14. The maximum absolute atomic E-state index is 2.94. The van der Waals surface area contributed by atoms with E-state index in [1.54, 1.807) is 0 Å². The Morgan fingerprint density at radius 2 is 1.04 bits per heavy atom. The van der Waals surface area contributed by atoms with Crippen LogP contribution >= 0.6 is 26.2 Å². The van der Waals surface area contributed by atoms with E-state index in [2.05, 4.69) is 106 Å². The van der Waals surface area contributed by atoms with Crippen molar-refractivity contribution in [3.8, 4) is 0 Å². The first-order chi connectivity index (χ1) is 10.8. The van der Waals surface area contributed by atoms with E-state index in [1.165, 1.54) is 22.3 Å². The third-order valence-corrected chi connectivity index (χ3v) is 4.28. The lowest BCUT2D eigenvalue weighted by Crippen LogP contribution is -1.92. The predicted octanol–water partition coefficient (Wildman–Crippen LogP) is 6.31. The van der Waals surface area contributed by atoms with E-state index in [0.717, 1.165) is 0 Å². The molecular weight excluding hydrogens is 363 g/mol. The van der Waals surface area contributed by atoms with Gasteiger partial charge in [0.05, 0.1) is 0 Å². The molecule has 0 spiro atoms. The van der Waals surface area contributed by atoms with Crippen molar-refractivity contribution >= 4 is 31.8 Å². The number of rotatable bonds is 4. The topological polar surface area (TPSA) is 0 Å². The monoisotopic (exact) mass is 382 g/mol. The van der Waals surface area contributed by atoms with Crippen LogP contribution in [0.5, 0.6) is 0 Å². The second-order valence-corrected chi connectivity index (χ2v) is 5.97. The molecule has 3 rings (SSSR count). The summed E-state index contributed by atoms with van der Waals surface area (Å²) in [7, 11) is 2.94. The molecule has 0 amide bonds. The summed E-state index contributed by atoms with van der Waals surface area (Å²) in [6.07, 6.45) is 2.32. The van der Waals surface area contributed by atoms with Crippen molar-refractivity contribution in [3.05, 3.63) is 114 Å². The molecule has 0 fully saturated rings. The fourth-order valence-corrected chi connectivity index (χ4v) is 2.96. The minimum Gasteiger partial charge on any atom is -0.126 e. The molecule has 116 valence electrons. The number of hydrogen-bond donors (Lipinski definition) is 0. The van der Waals surface area contributed by atoms with Crippen molar-refractivity contribution in [3.63, 3.8) is 0 Å². The van der Waals surface area contributed by atoms with E-state index in [9.17, 15) is 0 Å². The van der Waals surface area contributed by atoms with Crippen LogP contribution in [-0.4, -0.2) is 0 Å². The van der Waals surface area contributed by atoms with Gasteiger partial charge in [0.1, 0.15) is 0 Å². The minimum absolute atomic E-state index is 0. The van der Waals surface area contributed by atoms with Gasteiger partial charge < -0.3 is 0 Å². The van der Waals surface area contributed by atoms with E-state index in [4.69, 9.17) is 0 Å². The average molecular weight is 383 g/mol. The number of halogens is 1. The second-order valence-electron chi connectivity index (χ2n) is 5.25. The van der Waals surface area contributed by atoms with Crippen LogP contribution in [0.1, 0.15) is 22.3 Å². The smallest absolute Gasteiger partial charge is 0.0173 e. The normalized spacial score (nSPS) is 11.2. The Morgan fingerprint density at radius 3 is 1.48 bits per heavy atom. The fourth-order valence-electron chi connectivity index (χ4n) is 2.55. The summed E-state index contributed by atoms with van der Waals surface area (Å²) < 4.78 is 0. The van der Waals surface area contributed by atoms with Gasteiger partial charge in [-0.05, 0) is 22.3 Å². The molecule has 2 atom stereocenters. The molecule has 2 heteroatoms. The van der Waals surface area contributed by atoms with E-state index >= 15 is 0 Å². The maximum atomic E-state index is 2.94. The van der Waals surface area contributed by atoms with Gasteiger partial charge in [-0.2, -0.15) is 0 Å². The molecule has 2 unspecified atom stereocenters. The zero-order valence-corrected chi connectivity index (χ0v) is 15.7. The molecule has 0 bridgehead atoms. The summed E-state index contributed by atoms with van der Waals surface area (Å²) in [5, 5.41) is 0. The Balaban J connectivity index is 0.00000192. The molecule has 0 aliphatic rings. The first kappa shape index (κ1) is 17.7. The minimum atomic E-state index is 0. The van der Waals surface area contributed by atoms with Crippen LogP contribution < -0.4 is 0 Å². The average Bonchev–Trinajstić information content (AvgIpc) is 2.62. The van der Waals surface area contributed by atoms with Gasteiger partial charge in [-0.25, -0.2) is 0 Å². The van der Waals surface area contributed by atoms with E-state index in [-0.39, 0.29) is 22.6 Å². The van der Waals surface area contributed by atoms with Gasteiger partial charge in [0, 0.05) is 5.66 Å². The van der Waals surface area contributed by atoms with Crippen LogP contribution in [0.25, 0.3) is 5.57 Å². The molecule has 0 nitrogen and oxygen atoms in total. The molecule has 0 radical (unpaired) electrons. The Morgan fingerprint density at radius 1 is 0.652 bits per heavy atom. The van der Waals surface area contributed by atoms with Gasteiger partial charge in [0.2, 0.25) is 0 Å². The largest absolute Gasteiger partial charge is 0.126 e. The maximum Gasteiger partial charge on any atom is 0.0173 e. The molecule has 23 heavy (non-hydrogen) atoms. The van der Waals surface area contributed by atoms with Gasteiger partial charge in [0.15, 0.2) is 0 Å². The molecule has 0 saturated heterocycles. The van der Waals surface area contributed by atoms with Crippen LogP contribution in [-0.2, 0) is 0 Å². The fraction of sp³-hybridized carbons (Fsp3) is 0.0476. The van der Waals surface area contributed by atoms with Crippen molar-refractivity contribution in [2.75, 3.05) is 0 Å². The number of allylic oxidation sites excluding steroid dienone is 1. The summed E-state index contributed by atoms with van der Waals surface area (Å²) in [5.74, 6) is 0. The standard InChI is InChI=1S/C21H19P.BrH/c22-21(19-14-8-3-9-15-19)16-20(17-10-4-1-5-11-17)18-12-6-2-7-13-18;/h1-16,21H,22H2;1H. The molecule has 3 aromatic carbocycles. The highest BCUT2D eigenvalue weighted by atomic mass is 79.9. The van der Waals surface area contributed by atoms with Gasteiger partial charge >= 0.3 is 0 Å². The summed E-state index contributed by atoms with van der Waals surface area (Å²) in [5.41, 5.74) is 5.35. The Bertz CT molecular complexity index is 695. The van der Waals surface area contributed by atoms with E-state index < -0.39 is 0 Å². The lowest BCUT2D eigenvalue weighted by atomic mass is 9.96. The van der Waals surface area contributed by atoms with Gasteiger partial charge in [-0.3, -0.25) is 0 Å². The van der Waals surface area contributed by atoms with Crippen LogP contribution in [0.4, 0.5) is 0 Å². The highest BCUT2D eigenvalue weighted by Crippen LogP contribution is 2.31. The van der Waals surface area contributed by atoms with E-state index in [0.29, 0.717) is 0 Å². The molecule has 3 aromatic rings. The third-order valence-electron chi connectivity index (χ3n) is 3.70. The number of benzene rings is 3. The molecule has 0 N–H and O–H groups in total. The summed E-state index contributed by atoms with van der Waals surface area (Å²) >= 11 is 0. The third kappa shape index (κ3) is 4.64.